The van der Waals surface area contributed by atoms with Gasteiger partial charge in [0, 0.05) is 41.4 Å². The van der Waals surface area contributed by atoms with Gasteiger partial charge in [-0.1, -0.05) is 13.0 Å². The minimum atomic E-state index is -0.277. The Balaban J connectivity index is 1.64. The van der Waals surface area contributed by atoms with Crippen LogP contribution in [-0.2, 0) is 4.79 Å². The maximum absolute atomic E-state index is 13.7. The maximum Gasteiger partial charge on any atom is 0.224 e. The van der Waals surface area contributed by atoms with Gasteiger partial charge < -0.3 is 24.8 Å². The summed E-state index contributed by atoms with van der Waals surface area (Å²) in [6, 6.07) is 19.6. The Hall–Kier alpha value is -4.24. The number of methoxy groups -OCH3 is 1. The predicted octanol–water partition coefficient (Wildman–Crippen LogP) is 6.16. The molecular weight excluding hydrogens is 513 g/mol. The number of nitrogens with zero attached hydrogens (tertiary/aromatic N) is 3. The zero-order valence-electron chi connectivity index (χ0n) is 22.2. The van der Waals surface area contributed by atoms with Crippen LogP contribution in [0.5, 0.6) is 5.75 Å². The number of aromatic nitrogens is 2. The van der Waals surface area contributed by atoms with E-state index in [1.165, 1.54) is 12.1 Å². The number of carbonyl (C=O) groups is 1. The van der Waals surface area contributed by atoms with E-state index < -0.39 is 0 Å². The van der Waals surface area contributed by atoms with Crippen LogP contribution < -0.4 is 20.3 Å². The highest BCUT2D eigenvalue weighted by molar-refractivity contribution is 7.80. The summed E-state index contributed by atoms with van der Waals surface area (Å²) in [6.45, 7) is 5.90. The minimum absolute atomic E-state index is 0.0965. The molecule has 2 aromatic heterocycles. The van der Waals surface area contributed by atoms with Crippen LogP contribution in [0, 0.1) is 19.7 Å². The lowest BCUT2D eigenvalue weighted by Gasteiger charge is -2.29. The van der Waals surface area contributed by atoms with Crippen molar-refractivity contribution in [2.75, 3.05) is 17.3 Å². The third kappa shape index (κ3) is 4.97. The summed E-state index contributed by atoms with van der Waals surface area (Å²) in [5, 5.41) is 6.93. The van der Waals surface area contributed by atoms with E-state index in [2.05, 4.69) is 38.1 Å². The van der Waals surface area contributed by atoms with Crippen LogP contribution >= 0.6 is 12.2 Å². The average Bonchev–Trinajstić information content (AvgIpc) is 3.44. The molecule has 0 saturated carbocycles. The van der Waals surface area contributed by atoms with Crippen molar-refractivity contribution in [1.29, 1.82) is 0 Å². The molecule has 0 bridgehead atoms. The summed E-state index contributed by atoms with van der Waals surface area (Å²) in [5.74, 6) is 0.162. The van der Waals surface area contributed by atoms with E-state index in [1.54, 1.807) is 32.4 Å². The van der Waals surface area contributed by atoms with Gasteiger partial charge in [-0.15, -0.1) is 0 Å². The lowest BCUT2D eigenvalue weighted by molar-refractivity contribution is -0.115. The maximum atomic E-state index is 13.7. The Morgan fingerprint density at radius 2 is 1.85 bits per heavy atom. The molecule has 4 aromatic rings. The third-order valence-electron chi connectivity index (χ3n) is 7.03. The molecule has 3 heterocycles. The molecule has 2 N–H and O–H groups in total. The summed E-state index contributed by atoms with van der Waals surface area (Å²) in [7, 11) is 1.58. The van der Waals surface area contributed by atoms with Crippen molar-refractivity contribution in [2.24, 2.45) is 0 Å². The number of benzene rings is 2. The van der Waals surface area contributed by atoms with Gasteiger partial charge >= 0.3 is 0 Å². The van der Waals surface area contributed by atoms with Crippen LogP contribution in [0.15, 0.2) is 72.9 Å². The molecule has 2 atom stereocenters. The van der Waals surface area contributed by atoms with Crippen molar-refractivity contribution in [3.8, 4) is 11.4 Å². The van der Waals surface area contributed by atoms with Crippen LogP contribution in [0.25, 0.3) is 5.69 Å². The smallest absolute Gasteiger partial charge is 0.224 e. The van der Waals surface area contributed by atoms with Gasteiger partial charge in [-0.3, -0.25) is 9.78 Å². The number of carbonyl (C=O) groups excluding carboxylic acids is 1. The van der Waals surface area contributed by atoms with Crippen molar-refractivity contribution in [1.82, 2.24) is 14.9 Å². The van der Waals surface area contributed by atoms with Crippen molar-refractivity contribution in [2.45, 2.75) is 39.3 Å². The lowest BCUT2D eigenvalue weighted by Crippen LogP contribution is -2.29. The highest BCUT2D eigenvalue weighted by atomic mass is 32.1. The molecule has 200 valence electrons. The molecule has 1 saturated heterocycles. The van der Waals surface area contributed by atoms with E-state index in [1.807, 2.05) is 43.3 Å². The molecule has 0 unspecified atom stereocenters. The molecule has 2 aromatic carbocycles. The van der Waals surface area contributed by atoms with Crippen LogP contribution in [0.3, 0.4) is 0 Å². The molecule has 1 fully saturated rings. The molecule has 9 heteroatoms. The van der Waals surface area contributed by atoms with Gasteiger partial charge in [-0.2, -0.15) is 0 Å². The largest absolute Gasteiger partial charge is 0.494 e. The van der Waals surface area contributed by atoms with Crippen molar-refractivity contribution < 1.29 is 13.9 Å². The fourth-order valence-electron chi connectivity index (χ4n) is 5.20. The molecule has 1 aliphatic heterocycles. The average molecular weight is 544 g/mol. The highest BCUT2D eigenvalue weighted by Gasteiger charge is 2.42. The number of anilines is 2. The van der Waals surface area contributed by atoms with Gasteiger partial charge in [0.1, 0.15) is 11.6 Å². The Kier molecular flexibility index (Phi) is 7.34. The number of aryl methyl sites for hydroxylation is 1. The summed E-state index contributed by atoms with van der Waals surface area (Å²) in [6.07, 6.45) is 2.14. The standard InChI is InChI=1S/C30H30FN5O2S/c1-5-27(37)33-24-14-13-22(17-26(24)38-4)36-29(28(34-30(36)39)25-8-6-7-15-32-25)23-16-18(2)35(19(23)3)21-11-9-20(31)10-12-21/h6-17,28-29H,5H2,1-4H3,(H,33,37)(H,34,39)/t28-,29+/m1/s1. The van der Waals surface area contributed by atoms with Gasteiger partial charge in [0.05, 0.1) is 30.6 Å². The van der Waals surface area contributed by atoms with E-state index in [0.717, 1.165) is 34.0 Å². The van der Waals surface area contributed by atoms with Gasteiger partial charge in [0.2, 0.25) is 5.91 Å². The molecule has 1 aliphatic rings. The van der Waals surface area contributed by atoms with E-state index >= 15 is 0 Å². The number of pyridine rings is 1. The van der Waals surface area contributed by atoms with Crippen molar-refractivity contribution >= 4 is 34.6 Å². The fourth-order valence-corrected chi connectivity index (χ4v) is 5.54. The Labute approximate surface area is 232 Å². The lowest BCUT2D eigenvalue weighted by atomic mass is 9.96. The van der Waals surface area contributed by atoms with E-state index in [0.29, 0.717) is 23.0 Å². The summed E-state index contributed by atoms with van der Waals surface area (Å²) in [4.78, 5) is 18.8. The second-order valence-corrected chi connectivity index (χ2v) is 9.81. The molecule has 1 amide bonds. The minimum Gasteiger partial charge on any atom is -0.494 e. The summed E-state index contributed by atoms with van der Waals surface area (Å²) in [5.41, 5.74) is 6.24. The number of nitrogens with one attached hydrogen (secondary N) is 2. The highest BCUT2D eigenvalue weighted by Crippen LogP contribution is 2.45. The third-order valence-corrected chi connectivity index (χ3v) is 7.34. The molecule has 0 spiro atoms. The topological polar surface area (TPSA) is 71.4 Å². The molecule has 0 radical (unpaired) electrons. The number of hydrogen-bond acceptors (Lipinski definition) is 4. The van der Waals surface area contributed by atoms with Gasteiger partial charge in [0.25, 0.3) is 0 Å². The van der Waals surface area contributed by atoms with Crippen molar-refractivity contribution in [3.05, 3.63) is 101 Å². The number of thiocarbonyl (C=S) groups is 1. The van der Waals surface area contributed by atoms with E-state index in [4.69, 9.17) is 17.0 Å². The van der Waals surface area contributed by atoms with Gasteiger partial charge in [-0.25, -0.2) is 4.39 Å². The zero-order chi connectivity index (χ0) is 27.7. The first-order valence-corrected chi connectivity index (χ1v) is 13.2. The Morgan fingerprint density at radius 1 is 1.10 bits per heavy atom. The van der Waals surface area contributed by atoms with Gasteiger partial charge in [-0.05, 0) is 86.2 Å². The first kappa shape index (κ1) is 26.4. The number of hydrogen-bond donors (Lipinski definition) is 2. The molecule has 39 heavy (non-hydrogen) atoms. The number of ether oxygens (including phenoxy) is 1. The Bertz CT molecular complexity index is 1520. The predicted molar refractivity (Wildman–Crippen MR) is 155 cm³/mol. The molecule has 0 aliphatic carbocycles. The number of rotatable bonds is 7. The number of amides is 1. The second-order valence-electron chi connectivity index (χ2n) is 9.42. The summed E-state index contributed by atoms with van der Waals surface area (Å²) >= 11 is 5.90. The van der Waals surface area contributed by atoms with E-state index in [9.17, 15) is 9.18 Å². The normalized spacial score (nSPS) is 16.7. The molecule has 5 rings (SSSR count). The SMILES string of the molecule is CCC(=O)Nc1ccc(N2C(=S)N[C@H](c3ccccn3)[C@@H]2c2cc(C)n(-c3ccc(F)cc3)c2C)cc1OC. The van der Waals surface area contributed by atoms with E-state index in [-0.39, 0.29) is 23.8 Å². The zero-order valence-corrected chi connectivity index (χ0v) is 23.1. The Morgan fingerprint density at radius 3 is 2.51 bits per heavy atom. The molecule has 7 nitrogen and oxygen atoms in total. The first-order chi connectivity index (χ1) is 18.8. The van der Waals surface area contributed by atoms with Crippen LogP contribution in [-0.4, -0.2) is 27.7 Å². The monoisotopic (exact) mass is 543 g/mol. The van der Waals surface area contributed by atoms with Gasteiger partial charge in [0.15, 0.2) is 5.11 Å². The van der Waals surface area contributed by atoms with Crippen LogP contribution in [0.1, 0.15) is 48.1 Å². The van der Waals surface area contributed by atoms with Crippen LogP contribution in [0.4, 0.5) is 15.8 Å². The second kappa shape index (κ2) is 10.9. The first-order valence-electron chi connectivity index (χ1n) is 12.8. The van der Waals surface area contributed by atoms with Crippen molar-refractivity contribution in [3.63, 3.8) is 0 Å². The fraction of sp³-hybridized carbons (Fsp3) is 0.233. The van der Waals surface area contributed by atoms with Crippen LogP contribution in [0.2, 0.25) is 0 Å². The quantitative estimate of drug-likeness (QED) is 0.272. The summed E-state index contributed by atoms with van der Waals surface area (Å²) < 4.78 is 21.4. The number of halogens is 1. The molecular formula is C30H30FN5O2S.